The van der Waals surface area contributed by atoms with Crippen LogP contribution in [0.1, 0.15) is 28.6 Å². The van der Waals surface area contributed by atoms with E-state index >= 15 is 0 Å². The van der Waals surface area contributed by atoms with Crippen molar-refractivity contribution in [3.05, 3.63) is 101 Å². The third kappa shape index (κ3) is 7.55. The number of carbonyl (C=O) groups excluding carboxylic acids is 2. The van der Waals surface area contributed by atoms with Gasteiger partial charge in [-0.15, -0.1) is 0 Å². The minimum atomic E-state index is -0.966. The van der Waals surface area contributed by atoms with Crippen molar-refractivity contribution in [2.75, 3.05) is 49.1 Å². The van der Waals surface area contributed by atoms with Gasteiger partial charge in [-0.25, -0.2) is 9.97 Å². The van der Waals surface area contributed by atoms with Crippen LogP contribution < -0.4 is 19.7 Å². The van der Waals surface area contributed by atoms with Crippen molar-refractivity contribution >= 4 is 35.0 Å². The molecule has 2 amide bonds. The van der Waals surface area contributed by atoms with Gasteiger partial charge in [0.15, 0.2) is 16.7 Å². The Bertz CT molecular complexity index is 1630. The third-order valence-corrected chi connectivity index (χ3v) is 8.42. The van der Waals surface area contributed by atoms with E-state index in [2.05, 4.69) is 20.2 Å². The van der Waals surface area contributed by atoms with Crippen LogP contribution in [0.15, 0.2) is 84.0 Å². The smallest absolute Gasteiger partial charge is 0.251 e. The summed E-state index contributed by atoms with van der Waals surface area (Å²) in [6.07, 6.45) is 0. The molecule has 2 aliphatic rings. The molecule has 11 heteroatoms. The number of fused-ring (bicyclic) bond motifs is 1. The number of aryl methyl sites for hydroxylation is 2. The van der Waals surface area contributed by atoms with Crippen LogP contribution in [0.4, 0.5) is 11.4 Å². The van der Waals surface area contributed by atoms with E-state index in [1.54, 1.807) is 17.0 Å². The zero-order chi connectivity index (χ0) is 31.2. The number of carbonyl (C=O) groups is 2. The molecule has 0 radical (unpaired) electrons. The molecule has 1 aromatic heterocycles. The molecule has 3 heterocycles. The fraction of sp³-hybridized carbons (Fsp3) is 0.294. The minimum Gasteiger partial charge on any atom is -0.454 e. The zero-order valence-electron chi connectivity index (χ0n) is 25.3. The van der Waals surface area contributed by atoms with Gasteiger partial charge in [-0.1, -0.05) is 48.2 Å². The van der Waals surface area contributed by atoms with E-state index in [-0.39, 0.29) is 30.9 Å². The number of morpholine rings is 1. The minimum absolute atomic E-state index is 0.0539. The number of hydrogen-bond acceptors (Lipinski definition) is 9. The number of ether oxygens (including phenoxy) is 3. The van der Waals surface area contributed by atoms with Crippen LogP contribution >= 0.6 is 11.8 Å². The Hall–Kier alpha value is -4.61. The fourth-order valence-electron chi connectivity index (χ4n) is 5.41. The van der Waals surface area contributed by atoms with E-state index in [9.17, 15) is 9.59 Å². The molecule has 1 N–H and O–H groups in total. The SMILES string of the molecule is Cc1cc(C)nc(SCC(=O)N(Cc2ccccc2)C(C(=O)Nc2ccc(N3CCOCC3)cc2)c2ccc3c(c2)OCO3)n1. The second-order valence-corrected chi connectivity index (χ2v) is 11.8. The number of anilines is 2. The highest BCUT2D eigenvalue weighted by atomic mass is 32.2. The average molecular weight is 626 g/mol. The van der Waals surface area contributed by atoms with E-state index in [1.165, 1.54) is 11.8 Å². The highest BCUT2D eigenvalue weighted by Crippen LogP contribution is 2.37. The van der Waals surface area contributed by atoms with Crippen LogP contribution in [0.2, 0.25) is 0 Å². The first-order chi connectivity index (χ1) is 21.9. The molecule has 0 aliphatic carbocycles. The van der Waals surface area contributed by atoms with Crippen LogP contribution in [-0.4, -0.2) is 65.5 Å². The lowest BCUT2D eigenvalue weighted by Gasteiger charge is -2.32. The van der Waals surface area contributed by atoms with Crippen molar-refractivity contribution < 1.29 is 23.8 Å². The second kappa shape index (κ2) is 14.0. The maximum absolute atomic E-state index is 14.3. The lowest BCUT2D eigenvalue weighted by atomic mass is 10.0. The molecule has 232 valence electrons. The van der Waals surface area contributed by atoms with Gasteiger partial charge in [-0.3, -0.25) is 9.59 Å². The quantitative estimate of drug-likeness (QED) is 0.189. The Kier molecular flexibility index (Phi) is 9.46. The van der Waals surface area contributed by atoms with E-state index in [0.717, 1.165) is 35.7 Å². The normalized spacial score (nSPS) is 14.6. The number of benzene rings is 3. The number of hydrogen-bond donors (Lipinski definition) is 1. The summed E-state index contributed by atoms with van der Waals surface area (Å²) in [6.45, 7) is 7.13. The predicted molar refractivity (Wildman–Crippen MR) is 173 cm³/mol. The van der Waals surface area contributed by atoms with Gasteiger partial charge in [0.25, 0.3) is 5.91 Å². The summed E-state index contributed by atoms with van der Waals surface area (Å²) in [5.74, 6) is 0.612. The summed E-state index contributed by atoms with van der Waals surface area (Å²) in [5.41, 5.74) is 4.86. The molecule has 1 atom stereocenters. The molecule has 2 aliphatic heterocycles. The van der Waals surface area contributed by atoms with E-state index in [4.69, 9.17) is 14.2 Å². The van der Waals surface area contributed by atoms with Gasteiger partial charge in [0, 0.05) is 42.4 Å². The number of aromatic nitrogens is 2. The van der Waals surface area contributed by atoms with Crippen LogP contribution in [0.25, 0.3) is 0 Å². The molecular weight excluding hydrogens is 590 g/mol. The van der Waals surface area contributed by atoms with Gasteiger partial charge >= 0.3 is 0 Å². The van der Waals surface area contributed by atoms with Gasteiger partial charge < -0.3 is 29.3 Å². The molecule has 3 aromatic carbocycles. The molecule has 45 heavy (non-hydrogen) atoms. The predicted octanol–water partition coefficient (Wildman–Crippen LogP) is 5.16. The fourth-order valence-corrected chi connectivity index (χ4v) is 6.25. The zero-order valence-corrected chi connectivity index (χ0v) is 26.1. The van der Waals surface area contributed by atoms with Crippen LogP contribution in [0.5, 0.6) is 11.5 Å². The lowest BCUT2D eigenvalue weighted by Crippen LogP contribution is -2.41. The first-order valence-corrected chi connectivity index (χ1v) is 15.8. The Labute approximate surface area is 266 Å². The summed E-state index contributed by atoms with van der Waals surface area (Å²) in [5, 5.41) is 3.59. The Morgan fingerprint density at radius 1 is 0.911 bits per heavy atom. The van der Waals surface area contributed by atoms with Gasteiger partial charge in [-0.05, 0) is 67.4 Å². The molecule has 0 saturated carbocycles. The summed E-state index contributed by atoms with van der Waals surface area (Å²) >= 11 is 1.26. The Morgan fingerprint density at radius 2 is 1.62 bits per heavy atom. The molecule has 0 bridgehead atoms. The largest absolute Gasteiger partial charge is 0.454 e. The number of nitrogens with one attached hydrogen (secondary N) is 1. The summed E-state index contributed by atoms with van der Waals surface area (Å²) in [4.78, 5) is 41.2. The number of nitrogens with zero attached hydrogens (tertiary/aromatic N) is 4. The molecule has 6 rings (SSSR count). The van der Waals surface area contributed by atoms with Crippen molar-refractivity contribution in [1.29, 1.82) is 0 Å². The van der Waals surface area contributed by atoms with Gasteiger partial charge in [0.1, 0.15) is 6.04 Å². The van der Waals surface area contributed by atoms with Crippen molar-refractivity contribution in [3.8, 4) is 11.5 Å². The van der Waals surface area contributed by atoms with Crippen LogP contribution in [-0.2, 0) is 20.9 Å². The topological polar surface area (TPSA) is 106 Å². The molecule has 1 saturated heterocycles. The highest BCUT2D eigenvalue weighted by molar-refractivity contribution is 7.99. The van der Waals surface area contributed by atoms with Crippen LogP contribution in [0.3, 0.4) is 0 Å². The molecule has 10 nitrogen and oxygen atoms in total. The summed E-state index contributed by atoms with van der Waals surface area (Å²) in [7, 11) is 0. The average Bonchev–Trinajstić information content (AvgIpc) is 3.52. The monoisotopic (exact) mass is 625 g/mol. The van der Waals surface area contributed by atoms with Crippen LogP contribution in [0, 0.1) is 13.8 Å². The first kappa shape index (κ1) is 30.4. The number of thioether (sulfide) groups is 1. The molecular formula is C34H35N5O5S. The van der Waals surface area contributed by atoms with Crippen molar-refractivity contribution in [1.82, 2.24) is 14.9 Å². The van der Waals surface area contributed by atoms with Crippen molar-refractivity contribution in [2.24, 2.45) is 0 Å². The maximum atomic E-state index is 14.3. The van der Waals surface area contributed by atoms with Gasteiger partial charge in [-0.2, -0.15) is 0 Å². The van der Waals surface area contributed by atoms with E-state index in [1.807, 2.05) is 80.6 Å². The molecule has 1 unspecified atom stereocenters. The molecule has 0 spiro atoms. The standard InChI is InChI=1S/C34H35N5O5S/c1-23-18-24(2)36-34(35-23)45-21-31(40)39(20-25-6-4-3-5-7-25)32(26-8-13-29-30(19-26)44-22-43-29)33(41)37-27-9-11-28(12-10-27)38-14-16-42-17-15-38/h3-13,18-19,32H,14-17,20-22H2,1-2H3,(H,37,41). The number of rotatable bonds is 10. The summed E-state index contributed by atoms with van der Waals surface area (Å²) in [6, 6.07) is 23.7. The van der Waals surface area contributed by atoms with Gasteiger partial charge in [0.2, 0.25) is 12.7 Å². The lowest BCUT2D eigenvalue weighted by molar-refractivity contribution is -0.137. The highest BCUT2D eigenvalue weighted by Gasteiger charge is 2.33. The number of amides is 2. The summed E-state index contributed by atoms with van der Waals surface area (Å²) < 4.78 is 16.7. The van der Waals surface area contributed by atoms with E-state index in [0.29, 0.717) is 41.1 Å². The van der Waals surface area contributed by atoms with Gasteiger partial charge in [0.05, 0.1) is 19.0 Å². The van der Waals surface area contributed by atoms with Crippen molar-refractivity contribution in [2.45, 2.75) is 31.6 Å². The van der Waals surface area contributed by atoms with Crippen molar-refractivity contribution in [3.63, 3.8) is 0 Å². The first-order valence-electron chi connectivity index (χ1n) is 14.8. The molecule has 1 fully saturated rings. The maximum Gasteiger partial charge on any atom is 0.251 e. The van der Waals surface area contributed by atoms with E-state index < -0.39 is 6.04 Å². The molecule has 4 aromatic rings. The Balaban J connectivity index is 1.31. The third-order valence-electron chi connectivity index (χ3n) is 7.59. The second-order valence-electron chi connectivity index (χ2n) is 10.9. The Morgan fingerprint density at radius 3 is 2.36 bits per heavy atom.